The number of benzene rings is 1. The molecule has 1 fully saturated rings. The first kappa shape index (κ1) is 16.6. The van der Waals surface area contributed by atoms with Crippen LogP contribution in [-0.4, -0.2) is 19.1 Å². The van der Waals surface area contributed by atoms with Crippen molar-refractivity contribution in [2.75, 3.05) is 18.0 Å². The molecule has 1 unspecified atom stereocenters. The zero-order chi connectivity index (χ0) is 15.2. The highest BCUT2D eigenvalue weighted by molar-refractivity contribution is 6.31. The smallest absolute Gasteiger partial charge is 0.0474 e. The SMILES string of the molecule is CCCCN(c1ccc(C(C)NCCC)c(Cl)c1)C1CC1. The highest BCUT2D eigenvalue weighted by Gasteiger charge is 2.29. The van der Waals surface area contributed by atoms with Crippen LogP contribution >= 0.6 is 11.6 Å². The van der Waals surface area contributed by atoms with Crippen LogP contribution in [0.2, 0.25) is 5.02 Å². The standard InChI is InChI=1S/C18H29ClN2/c1-4-6-12-21(15-7-8-15)16-9-10-17(18(19)13-16)14(3)20-11-5-2/h9-10,13-15,20H,4-8,11-12H2,1-3H3. The fourth-order valence-electron chi connectivity index (χ4n) is 2.75. The molecule has 0 bridgehead atoms. The Labute approximate surface area is 134 Å². The summed E-state index contributed by atoms with van der Waals surface area (Å²) < 4.78 is 0. The molecule has 21 heavy (non-hydrogen) atoms. The Morgan fingerprint density at radius 3 is 2.62 bits per heavy atom. The highest BCUT2D eigenvalue weighted by Crippen LogP contribution is 2.35. The molecular weight excluding hydrogens is 280 g/mol. The predicted molar refractivity (Wildman–Crippen MR) is 93.4 cm³/mol. The van der Waals surface area contributed by atoms with Crippen molar-refractivity contribution in [3.63, 3.8) is 0 Å². The third kappa shape index (κ3) is 4.62. The quantitative estimate of drug-likeness (QED) is 0.677. The van der Waals surface area contributed by atoms with E-state index in [0.717, 1.165) is 30.6 Å². The first-order chi connectivity index (χ1) is 10.2. The van der Waals surface area contributed by atoms with Gasteiger partial charge in [0.25, 0.3) is 0 Å². The largest absolute Gasteiger partial charge is 0.369 e. The second kappa shape index (κ2) is 8.05. The van der Waals surface area contributed by atoms with Gasteiger partial charge in [-0.3, -0.25) is 0 Å². The minimum atomic E-state index is 0.316. The van der Waals surface area contributed by atoms with E-state index in [0.29, 0.717) is 6.04 Å². The maximum atomic E-state index is 6.54. The summed E-state index contributed by atoms with van der Waals surface area (Å²) >= 11 is 6.54. The lowest BCUT2D eigenvalue weighted by molar-refractivity contribution is 0.571. The van der Waals surface area contributed by atoms with Crippen LogP contribution < -0.4 is 10.2 Å². The molecule has 1 saturated carbocycles. The molecule has 0 amide bonds. The number of unbranched alkanes of at least 4 members (excludes halogenated alkanes) is 1. The Bertz CT molecular complexity index is 443. The zero-order valence-corrected chi connectivity index (χ0v) is 14.4. The van der Waals surface area contributed by atoms with Crippen LogP contribution in [0.3, 0.4) is 0 Å². The van der Waals surface area contributed by atoms with Gasteiger partial charge >= 0.3 is 0 Å². The van der Waals surface area contributed by atoms with Crippen LogP contribution in [0, 0.1) is 0 Å². The van der Waals surface area contributed by atoms with E-state index in [2.05, 4.69) is 49.2 Å². The van der Waals surface area contributed by atoms with Crippen LogP contribution in [0.5, 0.6) is 0 Å². The van der Waals surface area contributed by atoms with Crippen LogP contribution in [-0.2, 0) is 0 Å². The summed E-state index contributed by atoms with van der Waals surface area (Å²) in [5, 5.41) is 4.40. The fraction of sp³-hybridized carbons (Fsp3) is 0.667. The molecule has 1 aromatic carbocycles. The number of nitrogens with zero attached hydrogens (tertiary/aromatic N) is 1. The van der Waals surface area contributed by atoms with Crippen molar-refractivity contribution in [3.8, 4) is 0 Å². The first-order valence-corrected chi connectivity index (χ1v) is 8.84. The van der Waals surface area contributed by atoms with Gasteiger partial charge in [0.05, 0.1) is 0 Å². The van der Waals surface area contributed by atoms with Gasteiger partial charge in [0.2, 0.25) is 0 Å². The molecular formula is C18H29ClN2. The van der Waals surface area contributed by atoms with E-state index in [1.54, 1.807) is 0 Å². The number of hydrogen-bond acceptors (Lipinski definition) is 2. The van der Waals surface area contributed by atoms with Crippen LogP contribution in [0.25, 0.3) is 0 Å². The Hall–Kier alpha value is -0.730. The molecule has 0 radical (unpaired) electrons. The van der Waals surface area contributed by atoms with Crippen LogP contribution in [0.1, 0.15) is 64.5 Å². The molecule has 0 aromatic heterocycles. The van der Waals surface area contributed by atoms with E-state index >= 15 is 0 Å². The number of halogens is 1. The van der Waals surface area contributed by atoms with Crippen molar-refractivity contribution in [1.29, 1.82) is 0 Å². The minimum Gasteiger partial charge on any atom is -0.369 e. The summed E-state index contributed by atoms with van der Waals surface area (Å²) in [4.78, 5) is 2.54. The van der Waals surface area contributed by atoms with E-state index in [4.69, 9.17) is 11.6 Å². The second-order valence-electron chi connectivity index (χ2n) is 6.16. The maximum Gasteiger partial charge on any atom is 0.0474 e. The predicted octanol–water partition coefficient (Wildman–Crippen LogP) is 5.17. The number of anilines is 1. The second-order valence-corrected chi connectivity index (χ2v) is 6.57. The molecule has 1 aromatic rings. The lowest BCUT2D eigenvalue weighted by Gasteiger charge is -2.26. The van der Waals surface area contributed by atoms with E-state index in [1.165, 1.54) is 36.9 Å². The van der Waals surface area contributed by atoms with Crippen molar-refractivity contribution in [2.24, 2.45) is 0 Å². The van der Waals surface area contributed by atoms with Gasteiger partial charge in [-0.1, -0.05) is 37.9 Å². The van der Waals surface area contributed by atoms with Crippen molar-refractivity contribution in [3.05, 3.63) is 28.8 Å². The molecule has 1 aliphatic rings. The van der Waals surface area contributed by atoms with Crippen LogP contribution in [0.15, 0.2) is 18.2 Å². The minimum absolute atomic E-state index is 0.316. The van der Waals surface area contributed by atoms with E-state index in [-0.39, 0.29) is 0 Å². The fourth-order valence-corrected chi connectivity index (χ4v) is 3.09. The number of rotatable bonds is 9. The summed E-state index contributed by atoms with van der Waals surface area (Å²) in [7, 11) is 0. The molecule has 0 heterocycles. The van der Waals surface area contributed by atoms with Gasteiger partial charge in [0.1, 0.15) is 0 Å². The lowest BCUT2D eigenvalue weighted by atomic mass is 10.1. The average Bonchev–Trinajstić information content (AvgIpc) is 3.30. The molecule has 0 saturated heterocycles. The monoisotopic (exact) mass is 308 g/mol. The van der Waals surface area contributed by atoms with Gasteiger partial charge in [0.15, 0.2) is 0 Å². The molecule has 1 N–H and O–H groups in total. The Morgan fingerprint density at radius 2 is 2.05 bits per heavy atom. The maximum absolute atomic E-state index is 6.54. The van der Waals surface area contributed by atoms with Crippen molar-refractivity contribution < 1.29 is 0 Å². The lowest BCUT2D eigenvalue weighted by Crippen LogP contribution is -2.27. The van der Waals surface area contributed by atoms with Crippen molar-refractivity contribution in [2.45, 2.75) is 65.0 Å². The van der Waals surface area contributed by atoms with Gasteiger partial charge in [-0.2, -0.15) is 0 Å². The van der Waals surface area contributed by atoms with E-state index < -0.39 is 0 Å². The van der Waals surface area contributed by atoms with Gasteiger partial charge in [-0.15, -0.1) is 0 Å². The van der Waals surface area contributed by atoms with E-state index in [1.807, 2.05) is 0 Å². The normalized spacial score (nSPS) is 16.0. The summed E-state index contributed by atoms with van der Waals surface area (Å²) in [5.74, 6) is 0. The molecule has 2 nitrogen and oxygen atoms in total. The summed E-state index contributed by atoms with van der Waals surface area (Å²) in [6, 6.07) is 7.67. The van der Waals surface area contributed by atoms with Gasteiger partial charge in [0, 0.05) is 29.3 Å². The Balaban J connectivity index is 2.09. The molecule has 118 valence electrons. The van der Waals surface area contributed by atoms with Crippen molar-refractivity contribution in [1.82, 2.24) is 5.32 Å². The molecule has 2 rings (SSSR count). The average molecular weight is 309 g/mol. The molecule has 1 aliphatic carbocycles. The molecule has 0 aliphatic heterocycles. The molecule has 1 atom stereocenters. The van der Waals surface area contributed by atoms with E-state index in [9.17, 15) is 0 Å². The third-order valence-electron chi connectivity index (χ3n) is 4.22. The Morgan fingerprint density at radius 1 is 1.29 bits per heavy atom. The summed E-state index contributed by atoms with van der Waals surface area (Å²) in [6.45, 7) is 8.81. The van der Waals surface area contributed by atoms with Gasteiger partial charge < -0.3 is 10.2 Å². The van der Waals surface area contributed by atoms with Gasteiger partial charge in [-0.05, 0) is 56.8 Å². The van der Waals surface area contributed by atoms with Crippen LogP contribution in [0.4, 0.5) is 5.69 Å². The summed E-state index contributed by atoms with van der Waals surface area (Å²) in [6.07, 6.45) is 6.30. The first-order valence-electron chi connectivity index (χ1n) is 8.46. The van der Waals surface area contributed by atoms with Gasteiger partial charge in [-0.25, -0.2) is 0 Å². The summed E-state index contributed by atoms with van der Waals surface area (Å²) in [5.41, 5.74) is 2.50. The number of nitrogens with one attached hydrogen (secondary N) is 1. The highest BCUT2D eigenvalue weighted by atomic mass is 35.5. The zero-order valence-electron chi connectivity index (χ0n) is 13.7. The Kier molecular flexibility index (Phi) is 6.38. The topological polar surface area (TPSA) is 15.3 Å². The number of hydrogen-bond donors (Lipinski definition) is 1. The molecule has 3 heteroatoms. The molecule has 0 spiro atoms. The van der Waals surface area contributed by atoms with Crippen molar-refractivity contribution >= 4 is 17.3 Å². The third-order valence-corrected chi connectivity index (χ3v) is 4.55.